The molecule has 12 heteroatoms. The molecule has 1 rings (SSSR count). The molecule has 0 bridgehead atoms. The molecule has 0 spiro atoms. The standard InChI is InChI=1S/C7H4Cl6O4S2/c8-5(9,10)1-16-3(14)7(18-19-7)4(15)17-2-6(11,12)13/h1-2H2. The molecule has 0 aliphatic carbocycles. The third-order valence-corrected chi connectivity index (χ3v) is 4.84. The topological polar surface area (TPSA) is 52.6 Å². The van der Waals surface area contributed by atoms with E-state index >= 15 is 0 Å². The second kappa shape index (κ2) is 6.65. The van der Waals surface area contributed by atoms with E-state index in [1.807, 2.05) is 0 Å². The first-order valence-electron chi connectivity index (χ1n) is 4.31. The van der Waals surface area contributed by atoms with Crippen molar-refractivity contribution in [3.05, 3.63) is 0 Å². The van der Waals surface area contributed by atoms with Crippen LogP contribution in [0, 0.1) is 0 Å². The molecule has 0 radical (unpaired) electrons. The van der Waals surface area contributed by atoms with Crippen LogP contribution in [0.2, 0.25) is 0 Å². The van der Waals surface area contributed by atoms with Crippen LogP contribution in [0.1, 0.15) is 0 Å². The Kier molecular flexibility index (Phi) is 6.45. The lowest BCUT2D eigenvalue weighted by Crippen LogP contribution is -2.36. The van der Waals surface area contributed by atoms with E-state index in [1.165, 1.54) is 0 Å². The summed E-state index contributed by atoms with van der Waals surface area (Å²) in [6.07, 6.45) is 0. The average molecular weight is 429 g/mol. The van der Waals surface area contributed by atoms with Gasteiger partial charge in [-0.2, -0.15) is 0 Å². The Morgan fingerprint density at radius 3 is 1.37 bits per heavy atom. The van der Waals surface area contributed by atoms with Gasteiger partial charge in [-0.25, -0.2) is 9.59 Å². The van der Waals surface area contributed by atoms with Crippen molar-refractivity contribution in [3.63, 3.8) is 0 Å². The van der Waals surface area contributed by atoms with Crippen LogP contribution in [0.25, 0.3) is 0 Å². The first-order chi connectivity index (χ1) is 8.46. The van der Waals surface area contributed by atoms with E-state index in [9.17, 15) is 9.59 Å². The van der Waals surface area contributed by atoms with Gasteiger partial charge in [-0.3, -0.25) is 0 Å². The highest BCUT2D eigenvalue weighted by molar-refractivity contribution is 8.94. The van der Waals surface area contributed by atoms with Crippen molar-refractivity contribution >= 4 is 103 Å². The summed E-state index contributed by atoms with van der Waals surface area (Å²) in [6.45, 7) is -0.978. The second-order valence-electron chi connectivity index (χ2n) is 3.17. The van der Waals surface area contributed by atoms with E-state index in [0.29, 0.717) is 0 Å². The maximum absolute atomic E-state index is 11.7. The van der Waals surface area contributed by atoms with Gasteiger partial charge in [0.2, 0.25) is 7.59 Å². The molecule has 1 heterocycles. The molecular formula is C7H4Cl6O4S2. The molecule has 0 aromatic carbocycles. The third-order valence-electron chi connectivity index (χ3n) is 1.52. The highest BCUT2D eigenvalue weighted by Gasteiger charge is 2.64. The van der Waals surface area contributed by atoms with Crippen molar-refractivity contribution in [1.82, 2.24) is 0 Å². The molecule has 0 N–H and O–H groups in total. The third kappa shape index (κ3) is 6.34. The molecule has 110 valence electrons. The van der Waals surface area contributed by atoms with Gasteiger partial charge in [0.1, 0.15) is 13.2 Å². The van der Waals surface area contributed by atoms with E-state index in [-0.39, 0.29) is 0 Å². The summed E-state index contributed by atoms with van der Waals surface area (Å²) in [6, 6.07) is 0. The van der Waals surface area contributed by atoms with Crippen LogP contribution in [0.4, 0.5) is 0 Å². The minimum absolute atomic E-state index is 0.489. The number of esters is 2. The summed E-state index contributed by atoms with van der Waals surface area (Å²) < 4.78 is 4.36. The smallest absolute Gasteiger partial charge is 0.346 e. The van der Waals surface area contributed by atoms with Crippen molar-refractivity contribution in [2.75, 3.05) is 13.2 Å². The largest absolute Gasteiger partial charge is 0.459 e. The Morgan fingerprint density at radius 1 is 0.842 bits per heavy atom. The summed E-state index contributed by atoms with van der Waals surface area (Å²) in [5.74, 6) is -1.77. The van der Waals surface area contributed by atoms with Crippen LogP contribution < -0.4 is 0 Å². The molecule has 0 aromatic rings. The van der Waals surface area contributed by atoms with Gasteiger partial charge in [-0.1, -0.05) is 69.6 Å². The molecule has 4 nitrogen and oxygen atoms in total. The van der Waals surface area contributed by atoms with Gasteiger partial charge >= 0.3 is 11.9 Å². The fourth-order valence-electron chi connectivity index (χ4n) is 0.746. The zero-order chi connectivity index (χ0) is 14.9. The van der Waals surface area contributed by atoms with Gasteiger partial charge in [-0.15, -0.1) is 0 Å². The summed E-state index contributed by atoms with van der Waals surface area (Å²) in [7, 11) is 1.88. The molecule has 0 amide bonds. The fourth-order valence-corrected chi connectivity index (χ4v) is 2.73. The minimum Gasteiger partial charge on any atom is -0.459 e. The lowest BCUT2D eigenvalue weighted by Gasteiger charge is -2.16. The van der Waals surface area contributed by atoms with Crippen LogP contribution in [0.15, 0.2) is 0 Å². The average Bonchev–Trinajstić information content (AvgIpc) is 3.01. The van der Waals surface area contributed by atoms with Gasteiger partial charge in [0, 0.05) is 0 Å². The van der Waals surface area contributed by atoms with Gasteiger partial charge in [0.25, 0.3) is 4.08 Å². The predicted molar refractivity (Wildman–Crippen MR) is 80.4 cm³/mol. The molecule has 19 heavy (non-hydrogen) atoms. The molecule has 1 saturated heterocycles. The van der Waals surface area contributed by atoms with E-state index in [0.717, 1.165) is 21.6 Å². The molecule has 1 aliphatic heterocycles. The summed E-state index contributed by atoms with van der Waals surface area (Å²) in [4.78, 5) is 23.4. The minimum atomic E-state index is -1.76. The number of hydrogen-bond acceptors (Lipinski definition) is 6. The number of carbonyl (C=O) groups excluding carboxylic acids is 2. The maximum Gasteiger partial charge on any atom is 0.346 e. The number of rotatable bonds is 4. The Hall–Kier alpha value is 1.38. The first kappa shape index (κ1) is 18.4. The number of hydrogen-bond donors (Lipinski definition) is 0. The Bertz CT molecular complexity index is 343. The summed E-state index contributed by atoms with van der Waals surface area (Å²) in [5, 5.41) is 0. The monoisotopic (exact) mass is 426 g/mol. The maximum atomic E-state index is 11.7. The normalized spacial score (nSPS) is 17.8. The van der Waals surface area contributed by atoms with Crippen LogP contribution in [0.5, 0.6) is 0 Å². The molecule has 0 aromatic heterocycles. The predicted octanol–water partition coefficient (Wildman–Crippen LogP) is 3.90. The first-order valence-corrected chi connectivity index (χ1v) is 8.73. The van der Waals surface area contributed by atoms with Crippen molar-refractivity contribution in [2.24, 2.45) is 0 Å². The SMILES string of the molecule is O=C(OCC(Cl)(Cl)Cl)C1(C(=O)OCC(Cl)(Cl)Cl)SS1. The van der Waals surface area contributed by atoms with Crippen molar-refractivity contribution in [3.8, 4) is 0 Å². The quantitative estimate of drug-likeness (QED) is 0.222. The molecule has 0 saturated carbocycles. The fraction of sp³-hybridized carbons (Fsp3) is 0.714. The van der Waals surface area contributed by atoms with Gasteiger partial charge < -0.3 is 9.47 Å². The second-order valence-corrected chi connectivity index (χ2v) is 11.0. The highest BCUT2D eigenvalue weighted by Crippen LogP contribution is 2.66. The summed E-state index contributed by atoms with van der Waals surface area (Å²) in [5.41, 5.74) is 0. The molecule has 1 fully saturated rings. The highest BCUT2D eigenvalue weighted by atomic mass is 35.6. The zero-order valence-corrected chi connectivity index (χ0v) is 14.8. The number of ether oxygens (including phenoxy) is 2. The molecule has 0 atom stereocenters. The van der Waals surface area contributed by atoms with E-state index in [1.54, 1.807) is 0 Å². The lowest BCUT2D eigenvalue weighted by molar-refractivity contribution is -0.154. The van der Waals surface area contributed by atoms with Crippen LogP contribution >= 0.6 is 91.2 Å². The van der Waals surface area contributed by atoms with Gasteiger partial charge in [0.05, 0.1) is 0 Å². The van der Waals surface area contributed by atoms with Crippen molar-refractivity contribution < 1.29 is 19.1 Å². The Morgan fingerprint density at radius 2 is 1.16 bits per heavy atom. The van der Waals surface area contributed by atoms with Gasteiger partial charge in [-0.05, 0) is 21.6 Å². The summed E-state index contributed by atoms with van der Waals surface area (Å²) >= 11 is 32.5. The van der Waals surface area contributed by atoms with Crippen LogP contribution in [0.3, 0.4) is 0 Å². The lowest BCUT2D eigenvalue weighted by atomic mass is 10.4. The van der Waals surface area contributed by atoms with Crippen LogP contribution in [-0.4, -0.2) is 36.8 Å². The van der Waals surface area contributed by atoms with E-state index in [4.69, 9.17) is 79.1 Å². The van der Waals surface area contributed by atoms with Crippen LogP contribution in [-0.2, 0) is 19.1 Å². The Labute approximate surface area is 146 Å². The van der Waals surface area contributed by atoms with Crippen molar-refractivity contribution in [2.45, 2.75) is 11.7 Å². The van der Waals surface area contributed by atoms with Gasteiger partial charge in [0.15, 0.2) is 0 Å². The molecular weight excluding hydrogens is 425 g/mol. The number of alkyl halides is 6. The number of carbonyl (C=O) groups is 2. The number of halogens is 6. The molecule has 1 aliphatic rings. The van der Waals surface area contributed by atoms with E-state index < -0.39 is 36.8 Å². The van der Waals surface area contributed by atoms with E-state index in [2.05, 4.69) is 0 Å². The van der Waals surface area contributed by atoms with Crippen molar-refractivity contribution in [1.29, 1.82) is 0 Å². The zero-order valence-electron chi connectivity index (χ0n) is 8.63. The molecule has 0 unspecified atom stereocenters. The Balaban J connectivity index is 2.52.